The van der Waals surface area contributed by atoms with E-state index in [0.29, 0.717) is 6.42 Å². The van der Waals surface area contributed by atoms with Gasteiger partial charge in [-0.15, -0.1) is 0 Å². The third-order valence-corrected chi connectivity index (χ3v) is 0.964. The predicted octanol–water partition coefficient (Wildman–Crippen LogP) is 1.73. The van der Waals surface area contributed by atoms with Crippen LogP contribution in [0.25, 0.3) is 0 Å². The monoisotopic (exact) mass is 145 g/mol. The Bertz CT molecular complexity index is 53.2. The number of nitrogens with two attached hydrogens (primary N) is 1. The van der Waals surface area contributed by atoms with Crippen LogP contribution < -0.4 is 5.73 Å². The van der Waals surface area contributed by atoms with Gasteiger partial charge >= 0.3 is 0 Å². The molecule has 0 aliphatic carbocycles. The van der Waals surface area contributed by atoms with Crippen molar-refractivity contribution in [3.8, 4) is 0 Å². The van der Waals surface area contributed by atoms with Gasteiger partial charge in [0.2, 0.25) is 0 Å². The Hall–Kier alpha value is -0.370. The molecule has 0 atom stereocenters. The maximum Gasteiger partial charge on any atom is 0.119 e. The predicted molar refractivity (Wildman–Crippen MR) is 44.9 cm³/mol. The van der Waals surface area contributed by atoms with Crippen LogP contribution in [0.5, 0.6) is 0 Å². The lowest BCUT2D eigenvalue weighted by Crippen LogP contribution is -1.95. The quantitative estimate of drug-likeness (QED) is 0.612. The first-order valence-corrected chi connectivity index (χ1v) is 3.97. The number of carbonyl (C=O) groups excluding carboxylic acids is 1. The molecule has 0 rings (SSSR count). The van der Waals surface area contributed by atoms with E-state index in [1.165, 1.54) is 12.8 Å². The molecule has 0 aromatic carbocycles. The van der Waals surface area contributed by atoms with Crippen LogP contribution in [0.1, 0.15) is 39.5 Å². The van der Waals surface area contributed by atoms with E-state index in [9.17, 15) is 4.79 Å². The van der Waals surface area contributed by atoms with E-state index in [4.69, 9.17) is 5.73 Å². The average Bonchev–Trinajstić information content (AvgIpc) is 1.93. The van der Waals surface area contributed by atoms with Gasteiger partial charge in [-0.2, -0.15) is 0 Å². The minimum atomic E-state index is 0.708. The Morgan fingerprint density at radius 3 is 1.90 bits per heavy atom. The molecule has 0 saturated heterocycles. The van der Waals surface area contributed by atoms with Gasteiger partial charge in [0.1, 0.15) is 6.29 Å². The van der Waals surface area contributed by atoms with Crippen molar-refractivity contribution in [1.82, 2.24) is 0 Å². The van der Waals surface area contributed by atoms with Crippen LogP contribution in [-0.4, -0.2) is 12.8 Å². The molecule has 0 aliphatic heterocycles. The summed E-state index contributed by atoms with van der Waals surface area (Å²) in [5, 5.41) is 0. The Balaban J connectivity index is 0. The van der Waals surface area contributed by atoms with Gasteiger partial charge in [0, 0.05) is 6.42 Å². The molecule has 0 heterocycles. The Morgan fingerprint density at radius 2 is 1.90 bits per heavy atom. The van der Waals surface area contributed by atoms with Crippen LogP contribution in [0.2, 0.25) is 0 Å². The second-order valence-electron chi connectivity index (χ2n) is 2.10. The highest BCUT2D eigenvalue weighted by molar-refractivity contribution is 5.48. The first-order chi connectivity index (χ1) is 4.83. The van der Waals surface area contributed by atoms with Crippen LogP contribution in [0.15, 0.2) is 0 Å². The zero-order chi connectivity index (χ0) is 8.24. The second kappa shape index (κ2) is 15.9. The minimum Gasteiger partial charge on any atom is -0.330 e. The van der Waals surface area contributed by atoms with Gasteiger partial charge in [-0.25, -0.2) is 0 Å². The van der Waals surface area contributed by atoms with E-state index in [0.717, 1.165) is 19.3 Å². The zero-order valence-electron chi connectivity index (χ0n) is 7.10. The molecule has 2 nitrogen and oxygen atoms in total. The first kappa shape index (κ1) is 12.3. The van der Waals surface area contributed by atoms with Crippen molar-refractivity contribution < 1.29 is 4.79 Å². The number of rotatable bonds is 4. The molecular weight excluding hydrogens is 126 g/mol. The van der Waals surface area contributed by atoms with Crippen LogP contribution in [0.3, 0.4) is 0 Å². The zero-order valence-corrected chi connectivity index (χ0v) is 7.10. The van der Waals surface area contributed by atoms with Crippen LogP contribution in [0.4, 0.5) is 0 Å². The van der Waals surface area contributed by atoms with E-state index in [2.05, 4.69) is 6.92 Å². The number of unbranched alkanes of at least 4 members (excludes halogenated alkanes) is 2. The van der Waals surface area contributed by atoms with Crippen molar-refractivity contribution in [2.75, 3.05) is 6.54 Å². The summed E-state index contributed by atoms with van der Waals surface area (Å²) in [6.45, 7) is 4.96. The summed E-state index contributed by atoms with van der Waals surface area (Å²) in [6.07, 6.45) is 5.00. The molecule has 0 bridgehead atoms. The standard InChI is InChI=1S/C4H11N.C4H8O/c2*1-2-3-4-5/h2-5H2,1H3;4H,2-3H2,1H3. The molecule has 0 unspecified atom stereocenters. The number of hydrogen-bond acceptors (Lipinski definition) is 2. The van der Waals surface area contributed by atoms with Gasteiger partial charge in [-0.05, 0) is 19.4 Å². The molecule has 0 fully saturated rings. The minimum absolute atomic E-state index is 0.708. The van der Waals surface area contributed by atoms with E-state index in [-0.39, 0.29) is 0 Å². The van der Waals surface area contributed by atoms with E-state index < -0.39 is 0 Å². The van der Waals surface area contributed by atoms with Crippen LogP contribution >= 0.6 is 0 Å². The van der Waals surface area contributed by atoms with Crippen molar-refractivity contribution in [2.45, 2.75) is 39.5 Å². The van der Waals surface area contributed by atoms with E-state index in [1.807, 2.05) is 6.92 Å². The molecule has 0 spiro atoms. The molecule has 0 aromatic rings. The Morgan fingerprint density at radius 1 is 1.30 bits per heavy atom. The number of carbonyl (C=O) groups is 1. The van der Waals surface area contributed by atoms with Gasteiger partial charge in [0.15, 0.2) is 0 Å². The molecule has 0 radical (unpaired) electrons. The van der Waals surface area contributed by atoms with E-state index in [1.54, 1.807) is 0 Å². The lowest BCUT2D eigenvalue weighted by Gasteiger charge is -1.80. The number of aldehydes is 1. The molecular formula is C8H19NO. The second-order valence-corrected chi connectivity index (χ2v) is 2.10. The maximum absolute atomic E-state index is 9.40. The Labute approximate surface area is 63.8 Å². The van der Waals surface area contributed by atoms with Crippen molar-refractivity contribution in [3.63, 3.8) is 0 Å². The van der Waals surface area contributed by atoms with E-state index >= 15 is 0 Å². The summed E-state index contributed by atoms with van der Waals surface area (Å²) in [7, 11) is 0. The highest BCUT2D eigenvalue weighted by Gasteiger charge is 1.68. The lowest BCUT2D eigenvalue weighted by molar-refractivity contribution is -0.107. The van der Waals surface area contributed by atoms with Gasteiger partial charge in [-0.1, -0.05) is 20.3 Å². The highest BCUT2D eigenvalue weighted by Crippen LogP contribution is 1.77. The maximum atomic E-state index is 9.40. The summed E-state index contributed by atoms with van der Waals surface area (Å²) < 4.78 is 0. The molecule has 0 amide bonds. The van der Waals surface area contributed by atoms with Crippen LogP contribution in [-0.2, 0) is 4.79 Å². The van der Waals surface area contributed by atoms with Gasteiger partial charge < -0.3 is 10.5 Å². The largest absolute Gasteiger partial charge is 0.330 e. The highest BCUT2D eigenvalue weighted by atomic mass is 16.1. The SMILES string of the molecule is CCCC=O.CCCCN. The summed E-state index contributed by atoms with van der Waals surface area (Å²) >= 11 is 0. The van der Waals surface area contributed by atoms with Crippen molar-refractivity contribution in [3.05, 3.63) is 0 Å². The molecule has 2 N–H and O–H groups in total. The summed E-state index contributed by atoms with van der Waals surface area (Å²) in [6, 6.07) is 0. The lowest BCUT2D eigenvalue weighted by atomic mass is 10.3. The fourth-order valence-electron chi connectivity index (χ4n) is 0.322. The topological polar surface area (TPSA) is 43.1 Å². The molecule has 0 aromatic heterocycles. The summed E-state index contributed by atoms with van der Waals surface area (Å²) in [4.78, 5) is 9.40. The summed E-state index contributed by atoms with van der Waals surface area (Å²) in [5.41, 5.74) is 5.14. The van der Waals surface area contributed by atoms with Crippen molar-refractivity contribution in [1.29, 1.82) is 0 Å². The van der Waals surface area contributed by atoms with Gasteiger partial charge in [0.05, 0.1) is 0 Å². The van der Waals surface area contributed by atoms with Gasteiger partial charge in [-0.3, -0.25) is 0 Å². The van der Waals surface area contributed by atoms with Crippen molar-refractivity contribution in [2.24, 2.45) is 5.73 Å². The van der Waals surface area contributed by atoms with Crippen LogP contribution in [0, 0.1) is 0 Å². The average molecular weight is 145 g/mol. The normalized spacial score (nSPS) is 7.90. The first-order valence-electron chi connectivity index (χ1n) is 3.97. The third-order valence-electron chi connectivity index (χ3n) is 0.964. The number of hydrogen-bond donors (Lipinski definition) is 1. The fraction of sp³-hybridized carbons (Fsp3) is 0.875. The third kappa shape index (κ3) is 25.5. The summed E-state index contributed by atoms with van der Waals surface area (Å²) in [5.74, 6) is 0. The molecule has 0 saturated carbocycles. The molecule has 0 aliphatic rings. The van der Waals surface area contributed by atoms with Crippen molar-refractivity contribution >= 4 is 6.29 Å². The smallest absolute Gasteiger partial charge is 0.119 e. The molecule has 2 heteroatoms. The van der Waals surface area contributed by atoms with Gasteiger partial charge in [0.25, 0.3) is 0 Å². The fourth-order valence-corrected chi connectivity index (χ4v) is 0.322. The Kier molecular flexibility index (Phi) is 19.5. The molecule has 62 valence electrons. The molecule has 10 heavy (non-hydrogen) atoms.